The number of amides is 1. The zero-order valence-electron chi connectivity index (χ0n) is 22.1. The number of aliphatic hydroxyl groups is 1. The quantitative estimate of drug-likeness (QED) is 0.412. The van der Waals surface area contributed by atoms with E-state index in [-0.39, 0.29) is 42.0 Å². The number of carbonyl (C=O) groups is 1. The Morgan fingerprint density at radius 2 is 1.98 bits per heavy atom. The number of hydrogen-bond donors (Lipinski definition) is 4. The number of aromatic hydroxyl groups is 1. The highest BCUT2D eigenvalue weighted by Crippen LogP contribution is 2.66. The molecule has 2 bridgehead atoms. The topological polar surface area (TPSA) is 136 Å². The number of piperidine rings is 1. The zero-order valence-corrected chi connectivity index (χ0v) is 23.0. The number of carbonyl (C=O) groups excluding carboxylic acids is 1. The van der Waals surface area contributed by atoms with E-state index >= 15 is 0 Å². The lowest BCUT2D eigenvalue weighted by molar-refractivity contribution is -0.185. The first-order valence-corrected chi connectivity index (χ1v) is 15.8. The van der Waals surface area contributed by atoms with E-state index in [1.165, 1.54) is 18.9 Å². The molecule has 0 radical (unpaired) electrons. The summed E-state index contributed by atoms with van der Waals surface area (Å²) in [7, 11) is -3.67. The Bertz CT molecular complexity index is 1520. The molecular formula is C29H33FN2O7S. The predicted octanol–water partition coefficient (Wildman–Crippen LogP) is 2.53. The third-order valence-electron chi connectivity index (χ3n) is 10.1. The van der Waals surface area contributed by atoms with Gasteiger partial charge in [0, 0.05) is 22.7 Å². The van der Waals surface area contributed by atoms with E-state index in [0.717, 1.165) is 24.1 Å². The molecule has 1 saturated heterocycles. The Labute approximate surface area is 232 Å². The lowest BCUT2D eigenvalue weighted by atomic mass is 9.46. The van der Waals surface area contributed by atoms with E-state index in [2.05, 4.69) is 5.32 Å². The number of nitrogens with zero attached hydrogens (tertiary/aromatic N) is 1. The van der Waals surface area contributed by atoms with Crippen LogP contribution in [0.15, 0.2) is 30.3 Å². The molecule has 11 heteroatoms. The van der Waals surface area contributed by atoms with Gasteiger partial charge in [0.05, 0.1) is 29.9 Å². The van der Waals surface area contributed by atoms with Gasteiger partial charge in [0.1, 0.15) is 11.9 Å². The van der Waals surface area contributed by atoms with Crippen molar-refractivity contribution in [2.75, 3.05) is 12.8 Å². The van der Waals surface area contributed by atoms with Gasteiger partial charge in [-0.2, -0.15) is 8.42 Å². The molecule has 1 spiro atoms. The van der Waals surface area contributed by atoms with E-state index in [1.54, 1.807) is 18.2 Å². The molecule has 0 aromatic heterocycles. The predicted molar refractivity (Wildman–Crippen MR) is 142 cm³/mol. The number of phenols is 1. The third-order valence-corrected chi connectivity index (χ3v) is 10.1. The number of benzene rings is 2. The maximum absolute atomic E-state index is 14.8. The van der Waals surface area contributed by atoms with Crippen molar-refractivity contribution in [2.24, 2.45) is 11.8 Å². The van der Waals surface area contributed by atoms with E-state index in [9.17, 15) is 27.8 Å². The molecule has 214 valence electrons. The molecule has 3 aliphatic heterocycles. The average Bonchev–Trinajstić information content (AvgIpc) is 3.52. The highest BCUT2D eigenvalue weighted by atomic mass is 32.2. The van der Waals surface area contributed by atoms with Gasteiger partial charge in [-0.25, -0.2) is 4.39 Å². The molecule has 2 aromatic carbocycles. The van der Waals surface area contributed by atoms with Crippen molar-refractivity contribution in [1.82, 2.24) is 10.2 Å². The normalized spacial score (nSPS) is 34.9. The second-order valence-corrected chi connectivity index (χ2v) is 13.9. The van der Waals surface area contributed by atoms with Crippen LogP contribution in [0.1, 0.15) is 59.2 Å². The largest absolute Gasteiger partial charge is 0.504 e. The van der Waals surface area contributed by atoms with Crippen LogP contribution in [0.4, 0.5) is 4.39 Å². The zero-order chi connectivity index (χ0) is 28.2. The van der Waals surface area contributed by atoms with Gasteiger partial charge >= 0.3 is 0 Å². The number of phenolic OH excluding ortho intramolecular Hbond substituents is 1. The van der Waals surface area contributed by atoms with Crippen molar-refractivity contribution in [2.45, 2.75) is 74.3 Å². The van der Waals surface area contributed by atoms with E-state index in [0.29, 0.717) is 48.3 Å². The molecule has 1 amide bonds. The van der Waals surface area contributed by atoms with E-state index in [1.807, 2.05) is 11.0 Å². The summed E-state index contributed by atoms with van der Waals surface area (Å²) in [5, 5.41) is 27.0. The number of hydrogen-bond acceptors (Lipinski definition) is 7. The Balaban J connectivity index is 0.000000490. The van der Waals surface area contributed by atoms with Crippen LogP contribution >= 0.6 is 0 Å². The molecule has 40 heavy (non-hydrogen) atoms. The molecule has 9 nitrogen and oxygen atoms in total. The molecule has 2 saturated carbocycles. The number of halogens is 1. The lowest BCUT2D eigenvalue weighted by Gasteiger charge is -2.64. The van der Waals surface area contributed by atoms with Gasteiger partial charge in [0.15, 0.2) is 11.5 Å². The molecule has 3 aliphatic carbocycles. The van der Waals surface area contributed by atoms with Gasteiger partial charge in [0.2, 0.25) is 0 Å². The fraction of sp³-hybridized carbons (Fsp3) is 0.552. The Morgan fingerprint density at radius 1 is 1.23 bits per heavy atom. The summed E-state index contributed by atoms with van der Waals surface area (Å²) < 4.78 is 47.3. The SMILES string of the molecule is CS(=O)(=O)O.O=C1c2cccc(F)c2CN1[C@@H]1C(CC2CC2)C[C@@]2(O)[C@H]3Cc4ccc(O)c5c4[C@@]2(CCN3)[C@H]1O5. The van der Waals surface area contributed by atoms with Crippen LogP contribution in [0.25, 0.3) is 0 Å². The smallest absolute Gasteiger partial charge is 0.261 e. The monoisotopic (exact) mass is 572 g/mol. The van der Waals surface area contributed by atoms with Gasteiger partial charge in [-0.05, 0) is 67.8 Å². The van der Waals surface area contributed by atoms with Crippen molar-refractivity contribution in [3.63, 3.8) is 0 Å². The lowest BCUT2D eigenvalue weighted by Crippen LogP contribution is -2.79. The van der Waals surface area contributed by atoms with Crippen LogP contribution in [0.5, 0.6) is 11.5 Å². The first kappa shape index (κ1) is 26.2. The summed E-state index contributed by atoms with van der Waals surface area (Å²) in [6.45, 7) is 0.960. The first-order valence-electron chi connectivity index (χ1n) is 13.9. The van der Waals surface area contributed by atoms with Crippen LogP contribution in [-0.2, 0) is 28.5 Å². The second-order valence-electron chi connectivity index (χ2n) is 12.4. The average molecular weight is 573 g/mol. The highest BCUT2D eigenvalue weighted by molar-refractivity contribution is 7.85. The van der Waals surface area contributed by atoms with Crippen LogP contribution in [-0.4, -0.2) is 70.6 Å². The Morgan fingerprint density at radius 3 is 2.67 bits per heavy atom. The molecule has 3 fully saturated rings. The maximum Gasteiger partial charge on any atom is 0.261 e. The van der Waals surface area contributed by atoms with Gasteiger partial charge in [-0.3, -0.25) is 9.35 Å². The molecule has 8 rings (SSSR count). The van der Waals surface area contributed by atoms with Crippen molar-refractivity contribution < 1.29 is 37.1 Å². The number of rotatable bonds is 3. The number of fused-ring (bicyclic) bond motifs is 1. The van der Waals surface area contributed by atoms with Gasteiger partial charge in [-0.1, -0.05) is 25.0 Å². The van der Waals surface area contributed by atoms with E-state index in [4.69, 9.17) is 9.29 Å². The molecule has 6 aliphatic rings. The summed E-state index contributed by atoms with van der Waals surface area (Å²) in [4.78, 5) is 15.5. The summed E-state index contributed by atoms with van der Waals surface area (Å²) in [6.07, 6.45) is 5.44. The number of nitrogens with one attached hydrogen (secondary N) is 1. The molecule has 6 atom stereocenters. The highest BCUT2D eigenvalue weighted by Gasteiger charge is 2.74. The van der Waals surface area contributed by atoms with Crippen LogP contribution < -0.4 is 10.1 Å². The third kappa shape index (κ3) is 3.67. The minimum atomic E-state index is -3.67. The van der Waals surface area contributed by atoms with Crippen molar-refractivity contribution in [3.8, 4) is 11.5 Å². The fourth-order valence-electron chi connectivity index (χ4n) is 8.52. The van der Waals surface area contributed by atoms with Gasteiger partial charge in [0.25, 0.3) is 16.0 Å². The molecule has 1 unspecified atom stereocenters. The van der Waals surface area contributed by atoms with Gasteiger partial charge in [-0.15, -0.1) is 0 Å². The van der Waals surface area contributed by atoms with Gasteiger partial charge < -0.3 is 25.2 Å². The Kier molecular flexibility index (Phi) is 5.66. The Hall–Kier alpha value is -2.73. The summed E-state index contributed by atoms with van der Waals surface area (Å²) in [5.41, 5.74) is 1.18. The van der Waals surface area contributed by atoms with Crippen LogP contribution in [0.3, 0.4) is 0 Å². The second kappa shape index (κ2) is 8.64. The summed E-state index contributed by atoms with van der Waals surface area (Å²) in [6, 6.07) is 7.97. The van der Waals surface area contributed by atoms with E-state index < -0.39 is 27.2 Å². The molecule has 4 N–H and O–H groups in total. The summed E-state index contributed by atoms with van der Waals surface area (Å²) in [5.74, 6) is 0.689. The first-order chi connectivity index (χ1) is 18.9. The minimum absolute atomic E-state index is 0.0346. The number of ether oxygens (including phenoxy) is 1. The minimum Gasteiger partial charge on any atom is -0.504 e. The van der Waals surface area contributed by atoms with Crippen LogP contribution in [0, 0.1) is 17.7 Å². The molecule has 3 heterocycles. The van der Waals surface area contributed by atoms with Crippen LogP contribution in [0.2, 0.25) is 0 Å². The van der Waals surface area contributed by atoms with Crippen molar-refractivity contribution >= 4 is 16.0 Å². The molecule has 2 aromatic rings. The summed E-state index contributed by atoms with van der Waals surface area (Å²) >= 11 is 0. The van der Waals surface area contributed by atoms with Crippen molar-refractivity contribution in [3.05, 3.63) is 58.4 Å². The standard InChI is InChI=1S/C28H29FN2O4.CH4O3S/c29-19-3-1-2-17-18(19)13-31(26(17)33)23-16(10-14-4-5-14)12-28(34)21-11-15-6-7-20(32)24-22(15)27(28,8-9-30-21)25(23)35-24;1-5(2,3)4/h1-3,6-7,14,16,21,23,25,30,32,34H,4-5,8-13H2;1H3,(H,2,3,4)/t16?,21-,23-,25+,27+,28-;/m1./s1. The molecular weight excluding hydrogens is 539 g/mol. The fourth-order valence-corrected chi connectivity index (χ4v) is 8.52. The van der Waals surface area contributed by atoms with Crippen molar-refractivity contribution in [1.29, 1.82) is 0 Å². The maximum atomic E-state index is 14.8.